The van der Waals surface area contributed by atoms with Gasteiger partial charge in [-0.25, -0.2) is 9.18 Å². The maximum atomic E-state index is 12.8. The van der Waals surface area contributed by atoms with E-state index in [4.69, 9.17) is 0 Å². The first-order valence-electron chi connectivity index (χ1n) is 4.65. The number of hydrogen-bond acceptors (Lipinski definition) is 2. The van der Waals surface area contributed by atoms with E-state index < -0.39 is 23.1 Å². The van der Waals surface area contributed by atoms with E-state index in [9.17, 15) is 22.4 Å². The summed E-state index contributed by atoms with van der Waals surface area (Å²) >= 11 is 0. The number of carbonyl (C=O) groups excluding carboxylic acids is 1. The zero-order valence-corrected chi connectivity index (χ0v) is 9.10. The van der Waals surface area contributed by atoms with Gasteiger partial charge in [0.2, 0.25) is 6.08 Å². The Morgan fingerprint density at radius 2 is 1.76 bits per heavy atom. The van der Waals surface area contributed by atoms with Crippen LogP contribution < -0.4 is 0 Å². The van der Waals surface area contributed by atoms with Crippen LogP contribution >= 0.6 is 0 Å². The fourth-order valence-electron chi connectivity index (χ4n) is 1.46. The van der Waals surface area contributed by atoms with Gasteiger partial charge >= 0.3 is 6.18 Å². The molecule has 0 heterocycles. The van der Waals surface area contributed by atoms with Gasteiger partial charge in [0.25, 0.3) is 0 Å². The van der Waals surface area contributed by atoms with Crippen LogP contribution in [0, 0.1) is 5.82 Å². The number of nitrogens with zero attached hydrogens (tertiary/aromatic N) is 1. The molecule has 0 N–H and O–H groups in total. The first-order chi connectivity index (χ1) is 7.68. The topological polar surface area (TPSA) is 29.4 Å². The Bertz CT molecular complexity index is 473. The Kier molecular flexibility index (Phi) is 3.38. The average Bonchev–Trinajstić information content (AvgIpc) is 2.15. The quantitative estimate of drug-likeness (QED) is 0.447. The number of benzene rings is 1. The van der Waals surface area contributed by atoms with E-state index >= 15 is 0 Å². The van der Waals surface area contributed by atoms with Crippen LogP contribution in [-0.2, 0) is 16.5 Å². The van der Waals surface area contributed by atoms with Crippen molar-refractivity contribution in [3.63, 3.8) is 0 Å². The Balaban J connectivity index is 3.49. The minimum atomic E-state index is -4.70. The van der Waals surface area contributed by atoms with Crippen molar-refractivity contribution in [1.29, 1.82) is 0 Å². The van der Waals surface area contributed by atoms with Gasteiger partial charge in [-0.1, -0.05) is 6.07 Å². The van der Waals surface area contributed by atoms with Crippen LogP contribution in [0.25, 0.3) is 0 Å². The first-order valence-corrected chi connectivity index (χ1v) is 4.65. The molecule has 1 aromatic rings. The number of hydrogen-bond donors (Lipinski definition) is 0. The molecule has 2 nitrogen and oxygen atoms in total. The fraction of sp³-hybridized carbons (Fsp3) is 0.364. The molecule has 0 spiro atoms. The lowest BCUT2D eigenvalue weighted by Crippen LogP contribution is -2.21. The first kappa shape index (κ1) is 13.4. The van der Waals surface area contributed by atoms with Gasteiger partial charge in [-0.3, -0.25) is 0 Å². The van der Waals surface area contributed by atoms with Gasteiger partial charge in [-0.2, -0.15) is 18.2 Å². The summed E-state index contributed by atoms with van der Waals surface area (Å²) in [6, 6.07) is 2.25. The number of alkyl halides is 3. The normalized spacial score (nSPS) is 12.1. The lowest BCUT2D eigenvalue weighted by atomic mass is 9.90. The summed E-state index contributed by atoms with van der Waals surface area (Å²) in [4.78, 5) is 13.5. The van der Waals surface area contributed by atoms with Crippen molar-refractivity contribution < 1.29 is 22.4 Å². The van der Waals surface area contributed by atoms with Crippen LogP contribution in [0.5, 0.6) is 0 Å². The van der Waals surface area contributed by atoms with E-state index in [1.165, 1.54) is 19.9 Å². The van der Waals surface area contributed by atoms with Crippen molar-refractivity contribution >= 4 is 6.08 Å². The van der Waals surface area contributed by atoms with E-state index in [-0.39, 0.29) is 5.56 Å². The molecule has 0 aromatic heterocycles. The van der Waals surface area contributed by atoms with E-state index in [2.05, 4.69) is 4.99 Å². The highest BCUT2D eigenvalue weighted by atomic mass is 19.4. The summed E-state index contributed by atoms with van der Waals surface area (Å²) in [6.45, 7) is 2.64. The number of halogens is 4. The Morgan fingerprint density at radius 1 is 1.18 bits per heavy atom. The molecule has 0 fully saturated rings. The van der Waals surface area contributed by atoms with E-state index in [0.29, 0.717) is 6.07 Å². The molecule has 6 heteroatoms. The molecule has 0 aliphatic heterocycles. The van der Waals surface area contributed by atoms with Crippen molar-refractivity contribution in [2.45, 2.75) is 25.6 Å². The SMILES string of the molecule is CC(C)(N=C=O)c1ccc(F)cc1C(F)(F)F. The highest BCUT2D eigenvalue weighted by molar-refractivity contribution is 5.41. The van der Waals surface area contributed by atoms with Crippen LogP contribution in [0.3, 0.4) is 0 Å². The highest BCUT2D eigenvalue weighted by Gasteiger charge is 2.38. The molecule has 0 amide bonds. The molecule has 1 aromatic carbocycles. The van der Waals surface area contributed by atoms with Gasteiger partial charge in [-0.15, -0.1) is 0 Å². The van der Waals surface area contributed by atoms with Crippen molar-refractivity contribution in [1.82, 2.24) is 0 Å². The van der Waals surface area contributed by atoms with Crippen molar-refractivity contribution in [3.8, 4) is 0 Å². The fourth-order valence-corrected chi connectivity index (χ4v) is 1.46. The monoisotopic (exact) mass is 247 g/mol. The van der Waals surface area contributed by atoms with Crippen molar-refractivity contribution in [2.75, 3.05) is 0 Å². The predicted octanol–water partition coefficient (Wildman–Crippen LogP) is 3.42. The van der Waals surface area contributed by atoms with E-state index in [0.717, 1.165) is 12.1 Å². The third-order valence-electron chi connectivity index (χ3n) is 2.27. The van der Waals surface area contributed by atoms with Crippen molar-refractivity contribution in [3.05, 3.63) is 35.1 Å². The molecule has 0 unspecified atom stereocenters. The predicted molar refractivity (Wildman–Crippen MR) is 52.5 cm³/mol. The lowest BCUT2D eigenvalue weighted by Gasteiger charge is -2.22. The number of aliphatic imine (C=N–C) groups is 1. The molecular formula is C11H9F4NO. The third kappa shape index (κ3) is 2.91. The van der Waals surface area contributed by atoms with E-state index in [1.54, 1.807) is 0 Å². The number of rotatable bonds is 2. The van der Waals surface area contributed by atoms with Crippen LogP contribution in [-0.4, -0.2) is 6.08 Å². The maximum absolute atomic E-state index is 12.8. The molecule has 0 saturated carbocycles. The van der Waals surface area contributed by atoms with Gasteiger partial charge in [0, 0.05) is 0 Å². The Hall–Kier alpha value is -1.68. The summed E-state index contributed by atoms with van der Waals surface area (Å²) in [5, 5.41) is 0. The smallest absolute Gasteiger partial charge is 0.211 e. The van der Waals surface area contributed by atoms with Crippen molar-refractivity contribution in [2.24, 2.45) is 4.99 Å². The van der Waals surface area contributed by atoms with Crippen LogP contribution in [0.4, 0.5) is 17.6 Å². The Labute approximate surface area is 95.0 Å². The second-order valence-corrected chi connectivity index (χ2v) is 3.95. The molecular weight excluding hydrogens is 238 g/mol. The highest BCUT2D eigenvalue weighted by Crippen LogP contribution is 2.38. The minimum absolute atomic E-state index is 0.269. The molecule has 1 rings (SSSR count). The summed E-state index contributed by atoms with van der Waals surface area (Å²) in [5.41, 5.74) is -2.81. The molecule has 0 radical (unpaired) electrons. The largest absolute Gasteiger partial charge is 0.416 e. The summed E-state index contributed by atoms with van der Waals surface area (Å²) in [6.07, 6.45) is -3.49. The zero-order chi connectivity index (χ0) is 13.3. The molecule has 17 heavy (non-hydrogen) atoms. The molecule has 0 bridgehead atoms. The zero-order valence-electron chi connectivity index (χ0n) is 9.10. The van der Waals surface area contributed by atoms with Crippen LogP contribution in [0.15, 0.2) is 23.2 Å². The van der Waals surface area contributed by atoms with E-state index in [1.807, 2.05) is 0 Å². The van der Waals surface area contributed by atoms with Gasteiger partial charge in [-0.05, 0) is 31.5 Å². The molecule has 0 atom stereocenters. The summed E-state index contributed by atoms with van der Waals surface area (Å²) < 4.78 is 50.9. The standard InChI is InChI=1S/C11H9F4NO/c1-10(2,16-6-17)8-4-3-7(12)5-9(8)11(13,14)15/h3-5H,1-2H3. The molecule has 0 aliphatic carbocycles. The number of isocyanates is 1. The summed E-state index contributed by atoms with van der Waals surface area (Å²) in [5.74, 6) is -0.994. The van der Waals surface area contributed by atoms with Gasteiger partial charge in [0.15, 0.2) is 0 Å². The second-order valence-electron chi connectivity index (χ2n) is 3.95. The third-order valence-corrected chi connectivity index (χ3v) is 2.27. The van der Waals surface area contributed by atoms with Gasteiger partial charge < -0.3 is 0 Å². The average molecular weight is 247 g/mol. The molecule has 0 saturated heterocycles. The molecule has 0 aliphatic rings. The minimum Gasteiger partial charge on any atom is -0.211 e. The second kappa shape index (κ2) is 4.30. The molecule has 92 valence electrons. The summed E-state index contributed by atoms with van der Waals surface area (Å²) in [7, 11) is 0. The van der Waals surface area contributed by atoms with Gasteiger partial charge in [0.1, 0.15) is 5.82 Å². The van der Waals surface area contributed by atoms with Crippen LogP contribution in [0.2, 0.25) is 0 Å². The Morgan fingerprint density at radius 3 is 2.24 bits per heavy atom. The van der Waals surface area contributed by atoms with Crippen LogP contribution in [0.1, 0.15) is 25.0 Å². The lowest BCUT2D eigenvalue weighted by molar-refractivity contribution is -0.138. The maximum Gasteiger partial charge on any atom is 0.416 e. The van der Waals surface area contributed by atoms with Gasteiger partial charge in [0.05, 0.1) is 11.1 Å².